The number of aryl methyl sites for hydroxylation is 1. The molecule has 0 bridgehead atoms. The van der Waals surface area contributed by atoms with Gasteiger partial charge in [0.2, 0.25) is 0 Å². The first kappa shape index (κ1) is 9.74. The molecule has 4 heteroatoms. The maximum atomic E-state index is 11.2. The lowest BCUT2D eigenvalue weighted by molar-refractivity contribution is 0.0526. The molecule has 0 unspecified atom stereocenters. The molecule has 0 spiro atoms. The van der Waals surface area contributed by atoms with Gasteiger partial charge in [-0.15, -0.1) is 11.3 Å². The summed E-state index contributed by atoms with van der Waals surface area (Å²) in [6.45, 7) is 4.17. The van der Waals surface area contributed by atoms with Crippen LogP contribution in [0.5, 0.6) is 0 Å². The molecule has 0 aromatic carbocycles. The fourth-order valence-electron chi connectivity index (χ4n) is 0.834. The number of carbonyl (C=O) groups excluding carboxylic acids is 1. The zero-order chi connectivity index (χ0) is 9.14. The number of hydrogen-bond acceptors (Lipinski definition) is 3. The SMILES string of the molecule is CCOC(=O)c1cc(C)sc1Br. The van der Waals surface area contributed by atoms with Gasteiger partial charge in [-0.3, -0.25) is 0 Å². The molecule has 1 aromatic rings. The molecule has 0 aliphatic carbocycles. The van der Waals surface area contributed by atoms with Gasteiger partial charge in [0.15, 0.2) is 0 Å². The van der Waals surface area contributed by atoms with E-state index in [9.17, 15) is 4.79 Å². The quantitative estimate of drug-likeness (QED) is 0.753. The van der Waals surface area contributed by atoms with Crippen molar-refractivity contribution in [1.82, 2.24) is 0 Å². The highest BCUT2D eigenvalue weighted by molar-refractivity contribution is 9.11. The number of carbonyl (C=O) groups is 1. The van der Waals surface area contributed by atoms with E-state index in [0.717, 1.165) is 8.66 Å². The molecule has 0 aliphatic heterocycles. The van der Waals surface area contributed by atoms with E-state index in [0.29, 0.717) is 12.2 Å². The molecule has 0 aliphatic rings. The fraction of sp³-hybridized carbons (Fsp3) is 0.375. The molecule has 0 N–H and O–H groups in total. The van der Waals surface area contributed by atoms with Crippen LogP contribution in [0.4, 0.5) is 0 Å². The first-order valence-electron chi connectivity index (χ1n) is 3.58. The van der Waals surface area contributed by atoms with Gasteiger partial charge < -0.3 is 4.74 Å². The number of hydrogen-bond donors (Lipinski definition) is 0. The minimum absolute atomic E-state index is 0.256. The molecule has 1 aromatic heterocycles. The van der Waals surface area contributed by atoms with Crippen molar-refractivity contribution < 1.29 is 9.53 Å². The zero-order valence-corrected chi connectivity index (χ0v) is 9.29. The monoisotopic (exact) mass is 248 g/mol. The lowest BCUT2D eigenvalue weighted by atomic mass is 10.3. The van der Waals surface area contributed by atoms with E-state index in [1.807, 2.05) is 13.0 Å². The minimum Gasteiger partial charge on any atom is -0.462 e. The van der Waals surface area contributed by atoms with Gasteiger partial charge in [-0.25, -0.2) is 4.79 Å². The second kappa shape index (κ2) is 4.05. The maximum absolute atomic E-state index is 11.2. The Morgan fingerprint density at radius 2 is 2.42 bits per heavy atom. The van der Waals surface area contributed by atoms with Crippen molar-refractivity contribution in [3.8, 4) is 0 Å². The maximum Gasteiger partial charge on any atom is 0.340 e. The average Bonchev–Trinajstić information content (AvgIpc) is 2.30. The van der Waals surface area contributed by atoms with E-state index in [2.05, 4.69) is 15.9 Å². The molecule has 2 nitrogen and oxygen atoms in total. The van der Waals surface area contributed by atoms with E-state index >= 15 is 0 Å². The van der Waals surface area contributed by atoms with Gasteiger partial charge in [0.1, 0.15) is 0 Å². The van der Waals surface area contributed by atoms with Gasteiger partial charge in [-0.2, -0.15) is 0 Å². The summed E-state index contributed by atoms with van der Waals surface area (Å²) in [4.78, 5) is 12.3. The molecule has 0 atom stereocenters. The van der Waals surface area contributed by atoms with Crippen molar-refractivity contribution in [3.05, 3.63) is 20.3 Å². The Bertz CT molecular complexity index is 293. The highest BCUT2D eigenvalue weighted by Crippen LogP contribution is 2.27. The normalized spacial score (nSPS) is 9.92. The molecule has 0 fully saturated rings. The summed E-state index contributed by atoms with van der Waals surface area (Å²) < 4.78 is 5.71. The summed E-state index contributed by atoms with van der Waals surface area (Å²) in [5, 5.41) is 0. The van der Waals surface area contributed by atoms with E-state index in [4.69, 9.17) is 4.74 Å². The van der Waals surface area contributed by atoms with Crippen LogP contribution in [0, 0.1) is 6.92 Å². The van der Waals surface area contributed by atoms with E-state index in [1.54, 1.807) is 6.92 Å². The Morgan fingerprint density at radius 1 is 1.75 bits per heavy atom. The van der Waals surface area contributed by atoms with Crippen LogP contribution >= 0.6 is 27.3 Å². The first-order chi connectivity index (χ1) is 5.65. The first-order valence-corrected chi connectivity index (χ1v) is 5.19. The van der Waals surface area contributed by atoms with Crippen LogP contribution in [0.2, 0.25) is 0 Å². The summed E-state index contributed by atoms with van der Waals surface area (Å²) in [6.07, 6.45) is 0. The van der Waals surface area contributed by atoms with Crippen molar-refractivity contribution in [3.63, 3.8) is 0 Å². The molecule has 1 heterocycles. The summed E-state index contributed by atoms with van der Waals surface area (Å²) in [7, 11) is 0. The van der Waals surface area contributed by atoms with Gasteiger partial charge in [0, 0.05) is 4.88 Å². The average molecular weight is 249 g/mol. The summed E-state index contributed by atoms with van der Waals surface area (Å²) in [5.74, 6) is -0.256. The zero-order valence-electron chi connectivity index (χ0n) is 6.89. The van der Waals surface area contributed by atoms with Crippen LogP contribution < -0.4 is 0 Å². The van der Waals surface area contributed by atoms with Crippen molar-refractivity contribution >= 4 is 33.2 Å². The molecule has 0 saturated heterocycles. The van der Waals surface area contributed by atoms with Gasteiger partial charge in [-0.05, 0) is 35.8 Å². The lowest BCUT2D eigenvalue weighted by Gasteiger charge is -1.98. The highest BCUT2D eigenvalue weighted by Gasteiger charge is 2.13. The molecule has 12 heavy (non-hydrogen) atoms. The molecule has 0 radical (unpaired) electrons. The van der Waals surface area contributed by atoms with Gasteiger partial charge >= 0.3 is 5.97 Å². The fourth-order valence-corrected chi connectivity index (χ4v) is 2.59. The number of ether oxygens (including phenoxy) is 1. The molecule has 0 saturated carbocycles. The number of rotatable bonds is 2. The summed E-state index contributed by atoms with van der Waals surface area (Å²) in [5.41, 5.74) is 0.624. The second-order valence-corrected chi connectivity index (χ2v) is 4.84. The van der Waals surface area contributed by atoms with Crippen LogP contribution in [0.1, 0.15) is 22.2 Å². The predicted octanol–water partition coefficient (Wildman–Crippen LogP) is 3.00. The smallest absolute Gasteiger partial charge is 0.340 e. The standard InChI is InChI=1S/C8H9BrO2S/c1-3-11-8(10)6-4-5(2)12-7(6)9/h4H,3H2,1-2H3. The number of thiophene rings is 1. The minimum atomic E-state index is -0.256. The van der Waals surface area contributed by atoms with Crippen LogP contribution in [-0.4, -0.2) is 12.6 Å². The van der Waals surface area contributed by atoms with E-state index in [-0.39, 0.29) is 5.97 Å². The topological polar surface area (TPSA) is 26.3 Å². The predicted molar refractivity (Wildman–Crippen MR) is 52.7 cm³/mol. The third-order valence-electron chi connectivity index (χ3n) is 1.31. The van der Waals surface area contributed by atoms with Crippen molar-refractivity contribution in [2.24, 2.45) is 0 Å². The second-order valence-electron chi connectivity index (χ2n) is 2.26. The molecule has 1 rings (SSSR count). The Morgan fingerprint density at radius 3 is 2.83 bits per heavy atom. The molecular weight excluding hydrogens is 240 g/mol. The third-order valence-corrected chi connectivity index (χ3v) is 3.06. The Kier molecular flexibility index (Phi) is 3.29. The highest BCUT2D eigenvalue weighted by atomic mass is 79.9. The summed E-state index contributed by atoms with van der Waals surface area (Å²) >= 11 is 4.84. The molecule has 66 valence electrons. The van der Waals surface area contributed by atoms with Crippen LogP contribution in [0.25, 0.3) is 0 Å². The Labute approximate surface area is 83.7 Å². The van der Waals surface area contributed by atoms with Crippen molar-refractivity contribution in [2.75, 3.05) is 6.61 Å². The number of esters is 1. The van der Waals surface area contributed by atoms with E-state index in [1.165, 1.54) is 11.3 Å². The Hall–Kier alpha value is -0.350. The number of halogens is 1. The van der Waals surface area contributed by atoms with Crippen LogP contribution in [-0.2, 0) is 4.74 Å². The largest absolute Gasteiger partial charge is 0.462 e. The van der Waals surface area contributed by atoms with Crippen molar-refractivity contribution in [1.29, 1.82) is 0 Å². The van der Waals surface area contributed by atoms with Gasteiger partial charge in [-0.1, -0.05) is 0 Å². The van der Waals surface area contributed by atoms with Gasteiger partial charge in [0.25, 0.3) is 0 Å². The van der Waals surface area contributed by atoms with Gasteiger partial charge in [0.05, 0.1) is 16.0 Å². The molecular formula is C8H9BrO2S. The van der Waals surface area contributed by atoms with Crippen LogP contribution in [0.15, 0.2) is 9.85 Å². The lowest BCUT2D eigenvalue weighted by Crippen LogP contribution is -2.03. The third kappa shape index (κ3) is 2.08. The van der Waals surface area contributed by atoms with E-state index < -0.39 is 0 Å². The summed E-state index contributed by atoms with van der Waals surface area (Å²) in [6, 6.07) is 1.83. The Balaban J connectivity index is 2.87. The molecule has 0 amide bonds. The van der Waals surface area contributed by atoms with Crippen LogP contribution in [0.3, 0.4) is 0 Å². The van der Waals surface area contributed by atoms with Crippen molar-refractivity contribution in [2.45, 2.75) is 13.8 Å².